The van der Waals surface area contributed by atoms with Crippen molar-refractivity contribution in [2.75, 3.05) is 17.7 Å². The maximum Gasteiger partial charge on any atom is 0.341 e. The molecule has 1 aromatic carbocycles. The predicted molar refractivity (Wildman–Crippen MR) is 138 cm³/mol. The van der Waals surface area contributed by atoms with Crippen LogP contribution in [0.15, 0.2) is 23.4 Å². The van der Waals surface area contributed by atoms with E-state index < -0.39 is 0 Å². The number of anilines is 1. The molecule has 0 bridgehead atoms. The molecule has 0 fully saturated rings. The lowest BCUT2D eigenvalue weighted by Crippen LogP contribution is -2.17. The second-order valence-corrected chi connectivity index (χ2v) is 10.4. The molecular weight excluding hydrogens is 508 g/mol. The standard InChI is InChI=1S/C24H27ClN4O4S2/c1-4-29-19(12-33-17-10-9-15(25)11-14(17)3)27-28-24(29)34-13-20(30)26-22-21(23(31)32-5-2)16-7-6-8-18(16)35-22/h9-11H,4-8,12-13H2,1-3H3,(H,26,30). The molecule has 0 unspecified atom stereocenters. The number of amides is 1. The molecule has 186 valence electrons. The first-order valence-electron chi connectivity index (χ1n) is 11.5. The average molecular weight is 535 g/mol. The van der Waals surface area contributed by atoms with E-state index in [0.29, 0.717) is 39.7 Å². The number of aromatic nitrogens is 3. The van der Waals surface area contributed by atoms with Crippen molar-refractivity contribution in [3.05, 3.63) is 50.6 Å². The summed E-state index contributed by atoms with van der Waals surface area (Å²) in [6.45, 7) is 6.88. The Hall–Kier alpha value is -2.56. The summed E-state index contributed by atoms with van der Waals surface area (Å²) in [5.41, 5.74) is 2.46. The fraction of sp³-hybridized carbons (Fsp3) is 0.417. The number of benzene rings is 1. The van der Waals surface area contributed by atoms with Gasteiger partial charge >= 0.3 is 5.97 Å². The van der Waals surface area contributed by atoms with Crippen LogP contribution in [0.4, 0.5) is 5.00 Å². The SMILES string of the molecule is CCOC(=O)c1c(NC(=O)CSc2nnc(COc3ccc(Cl)cc3C)n2CC)sc2c1CCC2. The molecule has 1 aliphatic rings. The van der Waals surface area contributed by atoms with Gasteiger partial charge in [-0.2, -0.15) is 0 Å². The number of thiophene rings is 1. The van der Waals surface area contributed by atoms with Gasteiger partial charge in [0.25, 0.3) is 0 Å². The van der Waals surface area contributed by atoms with Crippen LogP contribution in [0.2, 0.25) is 5.02 Å². The van der Waals surface area contributed by atoms with Gasteiger partial charge in [-0.25, -0.2) is 4.79 Å². The number of halogens is 1. The Labute approximate surface area is 217 Å². The van der Waals surface area contributed by atoms with Crippen LogP contribution in [-0.4, -0.2) is 39.0 Å². The number of rotatable bonds is 10. The first-order valence-corrected chi connectivity index (χ1v) is 13.6. The summed E-state index contributed by atoms with van der Waals surface area (Å²) >= 11 is 8.78. The highest BCUT2D eigenvalue weighted by atomic mass is 35.5. The molecule has 4 rings (SSSR count). The number of aryl methyl sites for hydroxylation is 2. The highest BCUT2D eigenvalue weighted by Crippen LogP contribution is 2.39. The Balaban J connectivity index is 1.39. The van der Waals surface area contributed by atoms with Crippen molar-refractivity contribution >= 4 is 51.6 Å². The molecule has 0 spiro atoms. The van der Waals surface area contributed by atoms with Gasteiger partial charge in [0.05, 0.1) is 17.9 Å². The number of esters is 1. The van der Waals surface area contributed by atoms with E-state index >= 15 is 0 Å². The summed E-state index contributed by atoms with van der Waals surface area (Å²) in [4.78, 5) is 26.4. The molecule has 1 aliphatic carbocycles. The number of ether oxygens (including phenoxy) is 2. The topological polar surface area (TPSA) is 95.3 Å². The van der Waals surface area contributed by atoms with Gasteiger partial charge in [0.15, 0.2) is 11.0 Å². The van der Waals surface area contributed by atoms with E-state index in [-0.39, 0.29) is 24.2 Å². The summed E-state index contributed by atoms with van der Waals surface area (Å²) in [7, 11) is 0. The molecule has 0 aliphatic heterocycles. The van der Waals surface area contributed by atoms with Crippen LogP contribution < -0.4 is 10.1 Å². The van der Waals surface area contributed by atoms with Gasteiger partial charge in [-0.1, -0.05) is 23.4 Å². The number of thioether (sulfide) groups is 1. The second kappa shape index (κ2) is 11.5. The van der Waals surface area contributed by atoms with Gasteiger partial charge in [0.1, 0.15) is 17.4 Å². The third-order valence-electron chi connectivity index (χ3n) is 5.59. The largest absolute Gasteiger partial charge is 0.485 e. The first-order chi connectivity index (χ1) is 16.9. The summed E-state index contributed by atoms with van der Waals surface area (Å²) in [5.74, 6) is 0.958. The Bertz CT molecular complexity index is 1240. The van der Waals surface area contributed by atoms with E-state index in [1.807, 2.05) is 30.5 Å². The Kier molecular flexibility index (Phi) is 8.35. The lowest BCUT2D eigenvalue weighted by Gasteiger charge is -2.11. The summed E-state index contributed by atoms with van der Waals surface area (Å²) in [6.07, 6.45) is 2.79. The highest BCUT2D eigenvalue weighted by molar-refractivity contribution is 7.99. The molecule has 2 heterocycles. The number of carbonyl (C=O) groups excluding carboxylic acids is 2. The minimum atomic E-state index is -0.374. The third kappa shape index (κ3) is 5.82. The average Bonchev–Trinajstić information content (AvgIpc) is 3.51. The maximum atomic E-state index is 12.8. The van der Waals surface area contributed by atoms with E-state index in [1.165, 1.54) is 23.1 Å². The van der Waals surface area contributed by atoms with Crippen molar-refractivity contribution < 1.29 is 19.1 Å². The number of hydrogen-bond donors (Lipinski definition) is 1. The smallest absolute Gasteiger partial charge is 0.341 e. The molecule has 8 nitrogen and oxygen atoms in total. The molecule has 0 radical (unpaired) electrons. The van der Waals surface area contributed by atoms with Crippen LogP contribution in [0.3, 0.4) is 0 Å². The molecule has 1 amide bonds. The molecule has 0 saturated carbocycles. The van der Waals surface area contributed by atoms with Crippen molar-refractivity contribution in [2.45, 2.75) is 58.3 Å². The van der Waals surface area contributed by atoms with Crippen molar-refractivity contribution in [3.63, 3.8) is 0 Å². The van der Waals surface area contributed by atoms with Gasteiger partial charge in [0, 0.05) is 16.4 Å². The number of carbonyl (C=O) groups is 2. The molecule has 2 aromatic heterocycles. The summed E-state index contributed by atoms with van der Waals surface area (Å²) < 4.78 is 13.1. The zero-order valence-electron chi connectivity index (χ0n) is 19.9. The van der Waals surface area contributed by atoms with Crippen molar-refractivity contribution in [1.29, 1.82) is 0 Å². The first kappa shape index (κ1) is 25.5. The number of nitrogens with one attached hydrogen (secondary N) is 1. The van der Waals surface area contributed by atoms with Crippen LogP contribution >= 0.6 is 34.7 Å². The monoisotopic (exact) mass is 534 g/mol. The van der Waals surface area contributed by atoms with Crippen LogP contribution in [-0.2, 0) is 35.5 Å². The van der Waals surface area contributed by atoms with Crippen LogP contribution in [0, 0.1) is 6.92 Å². The molecule has 11 heteroatoms. The quantitative estimate of drug-likeness (QED) is 0.278. The minimum absolute atomic E-state index is 0.139. The zero-order valence-corrected chi connectivity index (χ0v) is 22.2. The molecule has 1 N–H and O–H groups in total. The van der Waals surface area contributed by atoms with Crippen LogP contribution in [0.1, 0.15) is 52.5 Å². The Morgan fingerprint density at radius 1 is 1.26 bits per heavy atom. The number of hydrogen-bond acceptors (Lipinski definition) is 8. The van der Waals surface area contributed by atoms with E-state index in [2.05, 4.69) is 15.5 Å². The van der Waals surface area contributed by atoms with Crippen molar-refractivity contribution in [1.82, 2.24) is 14.8 Å². The fourth-order valence-corrected chi connectivity index (χ4v) is 6.31. The number of fused-ring (bicyclic) bond motifs is 1. The molecule has 0 atom stereocenters. The van der Waals surface area contributed by atoms with Crippen molar-refractivity contribution in [3.8, 4) is 5.75 Å². The lowest BCUT2D eigenvalue weighted by molar-refractivity contribution is -0.113. The van der Waals surface area contributed by atoms with Gasteiger partial charge in [0.2, 0.25) is 5.91 Å². The number of nitrogens with zero attached hydrogens (tertiary/aromatic N) is 3. The van der Waals surface area contributed by atoms with Gasteiger partial charge < -0.3 is 19.4 Å². The normalized spacial score (nSPS) is 12.5. The van der Waals surface area contributed by atoms with Crippen LogP contribution in [0.5, 0.6) is 5.75 Å². The van der Waals surface area contributed by atoms with E-state index in [1.54, 1.807) is 13.0 Å². The predicted octanol–water partition coefficient (Wildman–Crippen LogP) is 5.30. The van der Waals surface area contributed by atoms with E-state index in [0.717, 1.165) is 41.0 Å². The third-order valence-corrected chi connectivity index (χ3v) is 8.00. The second-order valence-electron chi connectivity index (χ2n) is 7.96. The molecule has 3 aromatic rings. The van der Waals surface area contributed by atoms with Gasteiger partial charge in [-0.3, -0.25) is 4.79 Å². The Morgan fingerprint density at radius 2 is 2.09 bits per heavy atom. The van der Waals surface area contributed by atoms with E-state index in [4.69, 9.17) is 21.1 Å². The molecule has 0 saturated heterocycles. The molecule has 35 heavy (non-hydrogen) atoms. The highest BCUT2D eigenvalue weighted by Gasteiger charge is 2.28. The maximum absolute atomic E-state index is 12.8. The Morgan fingerprint density at radius 3 is 2.83 bits per heavy atom. The summed E-state index contributed by atoms with van der Waals surface area (Å²) in [5, 5.41) is 13.3. The fourth-order valence-electron chi connectivity index (χ4n) is 3.97. The summed E-state index contributed by atoms with van der Waals surface area (Å²) in [6, 6.07) is 5.45. The molecular formula is C24H27ClN4O4S2. The van der Waals surface area contributed by atoms with E-state index in [9.17, 15) is 9.59 Å². The zero-order chi connectivity index (χ0) is 24.9. The van der Waals surface area contributed by atoms with Crippen LogP contribution in [0.25, 0.3) is 0 Å². The van der Waals surface area contributed by atoms with Crippen molar-refractivity contribution in [2.24, 2.45) is 0 Å². The van der Waals surface area contributed by atoms with Gasteiger partial charge in [-0.15, -0.1) is 21.5 Å². The minimum Gasteiger partial charge on any atom is -0.485 e. The lowest BCUT2D eigenvalue weighted by atomic mass is 10.1. The van der Waals surface area contributed by atoms with Gasteiger partial charge in [-0.05, 0) is 69.4 Å².